The first-order valence-corrected chi connectivity index (χ1v) is 6.94. The number of β-amino-alcohol motifs (C(OH)–C–C–N with tert-alkyl or cyclic N) is 1. The largest absolute Gasteiger partial charge is 0.476 e. The van der Waals surface area contributed by atoms with Crippen molar-refractivity contribution in [2.24, 2.45) is 0 Å². The van der Waals surface area contributed by atoms with Crippen molar-refractivity contribution in [3.63, 3.8) is 0 Å². The van der Waals surface area contributed by atoms with Gasteiger partial charge in [-0.3, -0.25) is 0 Å². The number of piperidine rings is 1. The molecule has 6 nitrogen and oxygen atoms in total. The maximum absolute atomic E-state index is 11.5. The normalized spacial score (nSPS) is 22.5. The van der Waals surface area contributed by atoms with Gasteiger partial charge in [0, 0.05) is 18.5 Å². The van der Waals surface area contributed by atoms with Crippen molar-refractivity contribution in [2.75, 3.05) is 18.0 Å². The third-order valence-corrected chi connectivity index (χ3v) is 3.83. The Morgan fingerprint density at radius 2 is 2.10 bits per heavy atom. The van der Waals surface area contributed by atoms with E-state index in [0.29, 0.717) is 30.7 Å². The predicted molar refractivity (Wildman–Crippen MR) is 78.6 cm³/mol. The lowest BCUT2D eigenvalue weighted by atomic mass is 9.94. The van der Waals surface area contributed by atoms with Crippen LogP contribution < -0.4 is 4.90 Å². The SMILES string of the molecule is CC1(O)CCCN(c2c(C(=O)O)nnc3ccccc23)C1. The lowest BCUT2D eigenvalue weighted by Crippen LogP contribution is -2.46. The number of benzene rings is 1. The molecule has 2 N–H and O–H groups in total. The average molecular weight is 287 g/mol. The number of hydrogen-bond donors (Lipinski definition) is 2. The van der Waals surface area contributed by atoms with Gasteiger partial charge in [0.1, 0.15) is 0 Å². The maximum atomic E-state index is 11.5. The van der Waals surface area contributed by atoms with Crippen molar-refractivity contribution in [1.29, 1.82) is 0 Å². The molecule has 2 heterocycles. The van der Waals surface area contributed by atoms with E-state index in [1.165, 1.54) is 0 Å². The molecule has 6 heteroatoms. The first kappa shape index (κ1) is 13.8. The van der Waals surface area contributed by atoms with Crippen LogP contribution in [-0.2, 0) is 0 Å². The number of hydrogen-bond acceptors (Lipinski definition) is 5. The minimum Gasteiger partial charge on any atom is -0.476 e. The zero-order valence-corrected chi connectivity index (χ0v) is 11.8. The van der Waals surface area contributed by atoms with Crippen molar-refractivity contribution in [3.05, 3.63) is 30.0 Å². The summed E-state index contributed by atoms with van der Waals surface area (Å²) in [4.78, 5) is 13.4. The molecular formula is C15H17N3O3. The predicted octanol–water partition coefficient (Wildman–Crippen LogP) is 1.68. The smallest absolute Gasteiger partial charge is 0.358 e. The van der Waals surface area contributed by atoms with Crippen LogP contribution >= 0.6 is 0 Å². The van der Waals surface area contributed by atoms with Gasteiger partial charge >= 0.3 is 5.97 Å². The van der Waals surface area contributed by atoms with Crippen LogP contribution in [0.15, 0.2) is 24.3 Å². The zero-order valence-electron chi connectivity index (χ0n) is 11.8. The maximum Gasteiger partial charge on any atom is 0.358 e. The van der Waals surface area contributed by atoms with E-state index in [9.17, 15) is 15.0 Å². The Morgan fingerprint density at radius 3 is 2.81 bits per heavy atom. The molecular weight excluding hydrogens is 270 g/mol. The van der Waals surface area contributed by atoms with Gasteiger partial charge in [0.15, 0.2) is 5.69 Å². The second-order valence-electron chi connectivity index (χ2n) is 5.74. The fraction of sp³-hybridized carbons (Fsp3) is 0.400. The molecule has 1 aromatic carbocycles. The molecule has 1 saturated heterocycles. The molecule has 0 spiro atoms. The number of carboxylic acids is 1. The van der Waals surface area contributed by atoms with Crippen LogP contribution in [0, 0.1) is 0 Å². The summed E-state index contributed by atoms with van der Waals surface area (Å²) in [6, 6.07) is 7.34. The summed E-state index contributed by atoms with van der Waals surface area (Å²) in [6.07, 6.45) is 1.52. The summed E-state index contributed by atoms with van der Waals surface area (Å²) in [6.45, 7) is 2.87. The molecule has 0 aliphatic carbocycles. The number of rotatable bonds is 2. The van der Waals surface area contributed by atoms with Crippen molar-refractivity contribution in [3.8, 4) is 0 Å². The molecule has 21 heavy (non-hydrogen) atoms. The fourth-order valence-electron chi connectivity index (χ4n) is 2.91. The lowest BCUT2D eigenvalue weighted by Gasteiger charge is -2.38. The number of fused-ring (bicyclic) bond motifs is 1. The summed E-state index contributed by atoms with van der Waals surface area (Å²) in [5.41, 5.74) is 0.320. The van der Waals surface area contributed by atoms with Gasteiger partial charge in [0.2, 0.25) is 0 Å². The average Bonchev–Trinajstić information content (AvgIpc) is 2.44. The zero-order chi connectivity index (χ0) is 15.0. The van der Waals surface area contributed by atoms with E-state index in [4.69, 9.17) is 0 Å². The summed E-state index contributed by atoms with van der Waals surface area (Å²) in [7, 11) is 0. The number of carbonyl (C=O) groups is 1. The van der Waals surface area contributed by atoms with Gasteiger partial charge in [-0.25, -0.2) is 4.79 Å². The number of carboxylic acid groups (broad SMARTS) is 1. The van der Waals surface area contributed by atoms with Crippen molar-refractivity contribution < 1.29 is 15.0 Å². The number of anilines is 1. The van der Waals surface area contributed by atoms with Crippen LogP contribution in [0.2, 0.25) is 0 Å². The van der Waals surface area contributed by atoms with Gasteiger partial charge in [-0.2, -0.15) is 0 Å². The molecule has 110 valence electrons. The van der Waals surface area contributed by atoms with E-state index in [2.05, 4.69) is 10.2 Å². The molecule has 1 atom stereocenters. The molecule has 0 amide bonds. The minimum absolute atomic E-state index is 0.0635. The number of aliphatic hydroxyl groups is 1. The first-order chi connectivity index (χ1) is 9.98. The number of aromatic nitrogens is 2. The second kappa shape index (κ2) is 4.96. The quantitative estimate of drug-likeness (QED) is 0.874. The molecule has 1 fully saturated rings. The topological polar surface area (TPSA) is 86.5 Å². The molecule has 0 saturated carbocycles. The molecule has 0 bridgehead atoms. The van der Waals surface area contributed by atoms with E-state index in [0.717, 1.165) is 11.8 Å². The van der Waals surface area contributed by atoms with Gasteiger partial charge in [-0.05, 0) is 25.8 Å². The Kier molecular flexibility index (Phi) is 3.25. The second-order valence-corrected chi connectivity index (χ2v) is 5.74. The van der Waals surface area contributed by atoms with Crippen LogP contribution in [0.25, 0.3) is 10.9 Å². The molecule has 0 radical (unpaired) electrons. The highest BCUT2D eigenvalue weighted by Gasteiger charge is 2.32. The van der Waals surface area contributed by atoms with E-state index in [-0.39, 0.29) is 5.69 Å². The lowest BCUT2D eigenvalue weighted by molar-refractivity contribution is 0.0446. The summed E-state index contributed by atoms with van der Waals surface area (Å²) in [5, 5.41) is 28.3. The monoisotopic (exact) mass is 287 g/mol. The van der Waals surface area contributed by atoms with Gasteiger partial charge in [0.25, 0.3) is 0 Å². The number of aromatic carboxylic acids is 1. The summed E-state index contributed by atoms with van der Waals surface area (Å²) >= 11 is 0. The Balaban J connectivity index is 2.18. The van der Waals surface area contributed by atoms with Crippen molar-refractivity contribution in [1.82, 2.24) is 10.2 Å². The van der Waals surface area contributed by atoms with E-state index in [1.807, 2.05) is 23.1 Å². The van der Waals surface area contributed by atoms with Gasteiger partial charge in [-0.1, -0.05) is 18.2 Å². The van der Waals surface area contributed by atoms with Crippen LogP contribution in [0.5, 0.6) is 0 Å². The Labute approximate surface area is 122 Å². The van der Waals surface area contributed by atoms with Crippen molar-refractivity contribution >= 4 is 22.6 Å². The standard InChI is InChI=1S/C15H17N3O3/c1-15(21)7-4-8-18(9-15)13-10-5-2-3-6-11(10)16-17-12(13)14(19)20/h2-3,5-6,21H,4,7-9H2,1H3,(H,19,20). The van der Waals surface area contributed by atoms with Gasteiger partial charge < -0.3 is 15.1 Å². The highest BCUT2D eigenvalue weighted by atomic mass is 16.4. The van der Waals surface area contributed by atoms with Crippen LogP contribution in [-0.4, -0.2) is 45.1 Å². The Morgan fingerprint density at radius 1 is 1.33 bits per heavy atom. The minimum atomic E-state index is -1.10. The molecule has 1 aromatic heterocycles. The summed E-state index contributed by atoms with van der Waals surface area (Å²) in [5.74, 6) is -1.10. The van der Waals surface area contributed by atoms with E-state index >= 15 is 0 Å². The molecule has 1 unspecified atom stereocenters. The highest BCUT2D eigenvalue weighted by molar-refractivity contribution is 6.02. The molecule has 2 aromatic rings. The number of nitrogens with zero attached hydrogens (tertiary/aromatic N) is 3. The Bertz CT molecular complexity index is 700. The third-order valence-electron chi connectivity index (χ3n) is 3.83. The van der Waals surface area contributed by atoms with Gasteiger partial charge in [0.05, 0.1) is 16.8 Å². The van der Waals surface area contributed by atoms with Crippen LogP contribution in [0.3, 0.4) is 0 Å². The van der Waals surface area contributed by atoms with Crippen molar-refractivity contribution in [2.45, 2.75) is 25.4 Å². The molecule has 1 aliphatic rings. The Hall–Kier alpha value is -2.21. The van der Waals surface area contributed by atoms with Crippen LogP contribution in [0.4, 0.5) is 5.69 Å². The fourth-order valence-corrected chi connectivity index (χ4v) is 2.91. The van der Waals surface area contributed by atoms with E-state index < -0.39 is 11.6 Å². The molecule has 1 aliphatic heterocycles. The third kappa shape index (κ3) is 2.54. The summed E-state index contributed by atoms with van der Waals surface area (Å²) < 4.78 is 0. The molecule has 3 rings (SSSR count). The highest BCUT2D eigenvalue weighted by Crippen LogP contribution is 2.32. The van der Waals surface area contributed by atoms with Gasteiger partial charge in [-0.15, -0.1) is 10.2 Å². The van der Waals surface area contributed by atoms with E-state index in [1.54, 1.807) is 13.0 Å². The first-order valence-electron chi connectivity index (χ1n) is 6.94. The van der Waals surface area contributed by atoms with Crippen LogP contribution in [0.1, 0.15) is 30.3 Å².